The quantitative estimate of drug-likeness (QED) is 0.593. The first-order valence-electron chi connectivity index (χ1n) is 3.97. The van der Waals surface area contributed by atoms with Crippen LogP contribution in [0.15, 0.2) is 11.5 Å². The van der Waals surface area contributed by atoms with Gasteiger partial charge in [0.2, 0.25) is 0 Å². The van der Waals surface area contributed by atoms with Crippen molar-refractivity contribution in [2.75, 3.05) is 13.2 Å². The van der Waals surface area contributed by atoms with Gasteiger partial charge in [-0.3, -0.25) is 0 Å². The van der Waals surface area contributed by atoms with Crippen molar-refractivity contribution in [3.05, 3.63) is 11.5 Å². The molecule has 0 radical (unpaired) electrons. The summed E-state index contributed by atoms with van der Waals surface area (Å²) in [5, 5.41) is 0. The maximum absolute atomic E-state index is 10.9. The van der Waals surface area contributed by atoms with E-state index >= 15 is 0 Å². The van der Waals surface area contributed by atoms with Crippen molar-refractivity contribution >= 4 is 11.9 Å². The van der Waals surface area contributed by atoms with Crippen LogP contribution in [0.5, 0.6) is 0 Å². The Morgan fingerprint density at radius 2 is 1.46 bits per heavy atom. The summed E-state index contributed by atoms with van der Waals surface area (Å²) < 4.78 is 13.8. The molecule has 0 N–H and O–H groups in total. The lowest BCUT2D eigenvalue weighted by Gasteiger charge is -1.91. The Labute approximate surface area is 75.3 Å². The Hall–Kier alpha value is -1.52. The van der Waals surface area contributed by atoms with Crippen molar-refractivity contribution in [1.29, 1.82) is 0 Å². The smallest absolute Gasteiger partial charge is 0.378 e. The van der Waals surface area contributed by atoms with E-state index in [4.69, 9.17) is 0 Å². The van der Waals surface area contributed by atoms with E-state index in [1.165, 1.54) is 0 Å². The zero-order valence-electron chi connectivity index (χ0n) is 7.46. The molecule has 5 nitrogen and oxygen atoms in total. The molecule has 0 aliphatic carbocycles. The molecule has 0 saturated heterocycles. The molecule has 1 aliphatic heterocycles. The van der Waals surface area contributed by atoms with Crippen LogP contribution in [0.4, 0.5) is 0 Å². The van der Waals surface area contributed by atoms with Crippen LogP contribution in [0.25, 0.3) is 0 Å². The monoisotopic (exact) mass is 186 g/mol. The first kappa shape index (κ1) is 9.57. The summed E-state index contributed by atoms with van der Waals surface area (Å²) in [6, 6.07) is 0. The molecule has 0 fully saturated rings. The molecule has 0 unspecified atom stereocenters. The zero-order chi connectivity index (χ0) is 9.84. The number of hydrogen-bond donors (Lipinski definition) is 0. The van der Waals surface area contributed by atoms with Gasteiger partial charge in [0.1, 0.15) is 0 Å². The fourth-order valence-electron chi connectivity index (χ4n) is 0.739. The van der Waals surface area contributed by atoms with Gasteiger partial charge in [0.15, 0.2) is 0 Å². The molecule has 1 aliphatic rings. The second-order valence-corrected chi connectivity index (χ2v) is 2.20. The van der Waals surface area contributed by atoms with Gasteiger partial charge in [-0.2, -0.15) is 0 Å². The zero-order valence-corrected chi connectivity index (χ0v) is 7.46. The Morgan fingerprint density at radius 3 is 1.77 bits per heavy atom. The number of esters is 2. The number of hydrogen-bond acceptors (Lipinski definition) is 5. The minimum Gasteiger partial charge on any atom is -0.460 e. The lowest BCUT2D eigenvalue weighted by Crippen LogP contribution is -2.03. The highest BCUT2D eigenvalue weighted by Gasteiger charge is 2.40. The number of carbonyl (C=O) groups is 2. The standard InChI is InChI=1S/C8H10O5/c1-3-11-7(9)5-6(13-5)8(10)12-4-2/h3-4H2,1-2H3. The summed E-state index contributed by atoms with van der Waals surface area (Å²) in [5.74, 6) is -1.32. The summed E-state index contributed by atoms with van der Waals surface area (Å²) in [6.07, 6.45) is 0. The van der Waals surface area contributed by atoms with Gasteiger partial charge in [-0.15, -0.1) is 0 Å². The van der Waals surface area contributed by atoms with Gasteiger partial charge in [-0.25, -0.2) is 9.59 Å². The summed E-state index contributed by atoms with van der Waals surface area (Å²) in [4.78, 5) is 21.8. The van der Waals surface area contributed by atoms with Gasteiger partial charge in [-0.05, 0) is 13.8 Å². The second kappa shape index (κ2) is 3.93. The normalized spacial score (nSPS) is 13.4. The van der Waals surface area contributed by atoms with E-state index in [2.05, 4.69) is 14.2 Å². The highest BCUT2D eigenvalue weighted by molar-refractivity contribution is 6.03. The fraction of sp³-hybridized carbons (Fsp3) is 0.500. The number of carbonyl (C=O) groups excluding carboxylic acids is 2. The Kier molecular flexibility index (Phi) is 2.89. The van der Waals surface area contributed by atoms with Gasteiger partial charge in [-0.1, -0.05) is 0 Å². The van der Waals surface area contributed by atoms with Crippen molar-refractivity contribution < 1.29 is 23.8 Å². The predicted molar refractivity (Wildman–Crippen MR) is 41.4 cm³/mol. The van der Waals surface area contributed by atoms with E-state index < -0.39 is 11.9 Å². The lowest BCUT2D eigenvalue weighted by molar-refractivity contribution is -0.140. The summed E-state index contributed by atoms with van der Waals surface area (Å²) in [6.45, 7) is 3.85. The molecule has 0 aromatic carbocycles. The first-order chi connectivity index (χ1) is 6.20. The minimum atomic E-state index is -0.620. The van der Waals surface area contributed by atoms with Crippen LogP contribution >= 0.6 is 0 Å². The number of rotatable bonds is 4. The van der Waals surface area contributed by atoms with E-state index in [9.17, 15) is 9.59 Å². The molecule has 0 bridgehead atoms. The molecule has 0 aromatic heterocycles. The molecule has 0 saturated carbocycles. The molecule has 72 valence electrons. The molecule has 0 atom stereocenters. The van der Waals surface area contributed by atoms with Crippen LogP contribution < -0.4 is 0 Å². The average molecular weight is 186 g/mol. The van der Waals surface area contributed by atoms with Crippen LogP contribution in [-0.2, 0) is 23.8 Å². The van der Waals surface area contributed by atoms with Gasteiger partial charge >= 0.3 is 11.9 Å². The fourth-order valence-corrected chi connectivity index (χ4v) is 0.739. The van der Waals surface area contributed by atoms with E-state index in [0.29, 0.717) is 0 Å². The summed E-state index contributed by atoms with van der Waals surface area (Å²) in [5.41, 5.74) is 0. The Morgan fingerprint density at radius 1 is 1.08 bits per heavy atom. The molecule has 13 heavy (non-hydrogen) atoms. The molecule has 1 rings (SSSR count). The van der Waals surface area contributed by atoms with Crippen molar-refractivity contribution in [2.45, 2.75) is 13.8 Å². The highest BCUT2D eigenvalue weighted by Crippen LogP contribution is 2.28. The van der Waals surface area contributed by atoms with Crippen LogP contribution in [0.1, 0.15) is 13.8 Å². The van der Waals surface area contributed by atoms with Crippen LogP contribution in [-0.4, -0.2) is 25.2 Å². The largest absolute Gasteiger partial charge is 0.460 e. The van der Waals surface area contributed by atoms with Gasteiger partial charge in [0.25, 0.3) is 11.5 Å². The highest BCUT2D eigenvalue weighted by atomic mass is 16.6. The molecule has 0 aromatic rings. The molecule has 0 amide bonds. The predicted octanol–water partition coefficient (Wildman–Crippen LogP) is 0.354. The van der Waals surface area contributed by atoms with E-state index in [1.807, 2.05) is 0 Å². The van der Waals surface area contributed by atoms with Crippen LogP contribution in [0.2, 0.25) is 0 Å². The van der Waals surface area contributed by atoms with Gasteiger partial charge < -0.3 is 14.2 Å². The van der Waals surface area contributed by atoms with E-state index in [-0.39, 0.29) is 24.7 Å². The molecular weight excluding hydrogens is 176 g/mol. The summed E-state index contributed by atoms with van der Waals surface area (Å²) >= 11 is 0. The molecular formula is C8H10O5. The van der Waals surface area contributed by atoms with Crippen molar-refractivity contribution in [3.63, 3.8) is 0 Å². The van der Waals surface area contributed by atoms with Crippen LogP contribution in [0, 0.1) is 0 Å². The lowest BCUT2D eigenvalue weighted by atomic mass is 10.5. The van der Waals surface area contributed by atoms with Gasteiger partial charge in [0, 0.05) is 0 Å². The number of ether oxygens (including phenoxy) is 3. The summed E-state index contributed by atoms with van der Waals surface area (Å²) in [7, 11) is 0. The van der Waals surface area contributed by atoms with E-state index in [1.54, 1.807) is 13.8 Å². The van der Waals surface area contributed by atoms with Crippen LogP contribution in [0.3, 0.4) is 0 Å². The molecule has 0 spiro atoms. The molecule has 1 heterocycles. The Bertz CT molecular complexity index is 240. The third-order valence-corrected chi connectivity index (χ3v) is 1.29. The molecule has 5 heteroatoms. The van der Waals surface area contributed by atoms with Gasteiger partial charge in [0.05, 0.1) is 13.2 Å². The average Bonchev–Trinajstić information content (AvgIpc) is 2.84. The third kappa shape index (κ3) is 2.21. The maximum Gasteiger partial charge on any atom is 0.378 e. The third-order valence-electron chi connectivity index (χ3n) is 1.29. The van der Waals surface area contributed by atoms with Crippen molar-refractivity contribution in [2.24, 2.45) is 0 Å². The maximum atomic E-state index is 10.9. The Balaban J connectivity index is 2.48. The minimum absolute atomic E-state index is 0.0414. The van der Waals surface area contributed by atoms with E-state index in [0.717, 1.165) is 0 Å². The first-order valence-corrected chi connectivity index (χ1v) is 3.97. The SMILES string of the molecule is CCOC(=O)C1=C(C(=O)OCC)O1. The van der Waals surface area contributed by atoms with Crippen molar-refractivity contribution in [3.8, 4) is 0 Å². The second-order valence-electron chi connectivity index (χ2n) is 2.20. The topological polar surface area (TPSA) is 65.1 Å². The van der Waals surface area contributed by atoms with Crippen molar-refractivity contribution in [1.82, 2.24) is 0 Å².